The first kappa shape index (κ1) is 19.0. The van der Waals surface area contributed by atoms with Gasteiger partial charge in [-0.2, -0.15) is 0 Å². The lowest BCUT2D eigenvalue weighted by atomic mass is 10.0. The van der Waals surface area contributed by atoms with E-state index >= 15 is 0 Å². The lowest BCUT2D eigenvalue weighted by Crippen LogP contribution is -2.39. The number of nitrogens with one attached hydrogen (secondary N) is 2. The smallest absolute Gasteiger partial charge is 0.191 e. The molecule has 0 amide bonds. The van der Waals surface area contributed by atoms with Gasteiger partial charge in [-0.25, -0.2) is 0 Å². The second-order valence-electron chi connectivity index (χ2n) is 7.37. The van der Waals surface area contributed by atoms with Crippen LogP contribution in [0.15, 0.2) is 29.3 Å². The monoisotopic (exact) mass is 358 g/mol. The summed E-state index contributed by atoms with van der Waals surface area (Å²) in [7, 11) is 1.85. The second-order valence-corrected chi connectivity index (χ2v) is 7.37. The average molecular weight is 359 g/mol. The molecule has 1 aliphatic heterocycles. The van der Waals surface area contributed by atoms with Crippen molar-refractivity contribution in [3.63, 3.8) is 0 Å². The highest BCUT2D eigenvalue weighted by molar-refractivity contribution is 5.79. The van der Waals surface area contributed by atoms with Crippen LogP contribution in [-0.4, -0.2) is 45.9 Å². The molecule has 0 unspecified atom stereocenters. The van der Waals surface area contributed by atoms with Gasteiger partial charge in [-0.1, -0.05) is 43.9 Å². The summed E-state index contributed by atoms with van der Waals surface area (Å²) in [6.07, 6.45) is 8.32. The molecule has 1 aliphatic carbocycles. The zero-order chi connectivity index (χ0) is 18.0. The van der Waals surface area contributed by atoms with Gasteiger partial charge in [0.15, 0.2) is 5.96 Å². The minimum absolute atomic E-state index is 0.788. The number of anilines is 1. The Balaban J connectivity index is 1.44. The van der Waals surface area contributed by atoms with Crippen molar-refractivity contribution in [3.8, 4) is 0 Å². The van der Waals surface area contributed by atoms with Crippen molar-refractivity contribution in [2.24, 2.45) is 10.9 Å². The molecule has 3 rings (SSSR count). The number of morpholine rings is 1. The first-order chi connectivity index (χ1) is 12.9. The van der Waals surface area contributed by atoms with Crippen molar-refractivity contribution in [1.29, 1.82) is 0 Å². The topological polar surface area (TPSA) is 48.9 Å². The molecule has 0 radical (unpaired) electrons. The molecule has 2 aliphatic rings. The molecule has 1 saturated heterocycles. The van der Waals surface area contributed by atoms with E-state index in [-0.39, 0.29) is 0 Å². The molecule has 1 aromatic rings. The Hall–Kier alpha value is -1.75. The van der Waals surface area contributed by atoms with Gasteiger partial charge in [0.25, 0.3) is 0 Å². The van der Waals surface area contributed by atoms with Crippen LogP contribution >= 0.6 is 0 Å². The minimum atomic E-state index is 0.788. The molecular weight excluding hydrogens is 324 g/mol. The molecule has 2 fully saturated rings. The van der Waals surface area contributed by atoms with E-state index in [4.69, 9.17) is 4.74 Å². The number of hydrogen-bond donors (Lipinski definition) is 2. The van der Waals surface area contributed by atoms with E-state index in [9.17, 15) is 0 Å². The highest BCUT2D eigenvalue weighted by Crippen LogP contribution is 2.28. The van der Waals surface area contributed by atoms with Crippen LogP contribution in [0.25, 0.3) is 0 Å². The van der Waals surface area contributed by atoms with Crippen molar-refractivity contribution < 1.29 is 4.74 Å². The maximum Gasteiger partial charge on any atom is 0.191 e. The summed E-state index contributed by atoms with van der Waals surface area (Å²) in [5, 5.41) is 6.94. The molecule has 1 aromatic carbocycles. The van der Waals surface area contributed by atoms with Crippen molar-refractivity contribution in [2.75, 3.05) is 44.8 Å². The molecule has 5 heteroatoms. The van der Waals surface area contributed by atoms with E-state index in [0.29, 0.717) is 0 Å². The fourth-order valence-corrected chi connectivity index (χ4v) is 4.07. The van der Waals surface area contributed by atoms with Crippen LogP contribution in [-0.2, 0) is 11.3 Å². The van der Waals surface area contributed by atoms with Crippen molar-refractivity contribution in [1.82, 2.24) is 10.6 Å². The third kappa shape index (κ3) is 5.63. The SMILES string of the molecule is CN=C(NCCCC1CCCC1)NCc1ccccc1N1CCOCC1. The zero-order valence-corrected chi connectivity index (χ0v) is 16.2. The van der Waals surface area contributed by atoms with Gasteiger partial charge in [0, 0.05) is 38.9 Å². The van der Waals surface area contributed by atoms with Gasteiger partial charge in [-0.15, -0.1) is 0 Å². The molecule has 0 bridgehead atoms. The molecule has 26 heavy (non-hydrogen) atoms. The van der Waals surface area contributed by atoms with Gasteiger partial charge < -0.3 is 20.3 Å². The number of benzene rings is 1. The number of para-hydroxylation sites is 1. The van der Waals surface area contributed by atoms with Gasteiger partial charge in [0.05, 0.1) is 13.2 Å². The fraction of sp³-hybridized carbons (Fsp3) is 0.667. The maximum atomic E-state index is 5.48. The van der Waals surface area contributed by atoms with Gasteiger partial charge in [0.2, 0.25) is 0 Å². The van der Waals surface area contributed by atoms with Crippen molar-refractivity contribution in [3.05, 3.63) is 29.8 Å². The quantitative estimate of drug-likeness (QED) is 0.447. The number of guanidine groups is 1. The molecule has 0 aromatic heterocycles. The predicted octanol–water partition coefficient (Wildman–Crippen LogP) is 3.16. The van der Waals surface area contributed by atoms with Crippen molar-refractivity contribution >= 4 is 11.6 Å². The molecule has 0 atom stereocenters. The Morgan fingerprint density at radius 1 is 1.15 bits per heavy atom. The van der Waals surface area contributed by atoms with Crippen LogP contribution in [0.5, 0.6) is 0 Å². The third-order valence-corrected chi connectivity index (χ3v) is 5.57. The van der Waals surface area contributed by atoms with Crippen LogP contribution < -0.4 is 15.5 Å². The van der Waals surface area contributed by atoms with E-state index in [2.05, 4.69) is 44.8 Å². The normalized spacial score (nSPS) is 19.0. The van der Waals surface area contributed by atoms with E-state index in [1.54, 1.807) is 0 Å². The molecule has 1 heterocycles. The van der Waals surface area contributed by atoms with E-state index in [1.807, 2.05) is 7.05 Å². The molecule has 5 nitrogen and oxygen atoms in total. The van der Waals surface area contributed by atoms with Crippen LogP contribution in [0, 0.1) is 5.92 Å². The second kappa shape index (κ2) is 10.4. The van der Waals surface area contributed by atoms with E-state index in [0.717, 1.165) is 51.3 Å². The summed E-state index contributed by atoms with van der Waals surface area (Å²) in [5.74, 6) is 1.86. The van der Waals surface area contributed by atoms with Crippen molar-refractivity contribution in [2.45, 2.75) is 45.1 Å². The summed E-state index contributed by atoms with van der Waals surface area (Å²) in [5.41, 5.74) is 2.61. The maximum absolute atomic E-state index is 5.48. The van der Waals surface area contributed by atoms with Gasteiger partial charge in [-0.3, -0.25) is 4.99 Å². The Labute approximate surface area is 158 Å². The Morgan fingerprint density at radius 3 is 2.69 bits per heavy atom. The summed E-state index contributed by atoms with van der Waals surface area (Å²) in [6.45, 7) is 5.34. The third-order valence-electron chi connectivity index (χ3n) is 5.57. The number of nitrogens with zero attached hydrogens (tertiary/aromatic N) is 2. The van der Waals surface area contributed by atoms with E-state index in [1.165, 1.54) is 49.8 Å². The number of ether oxygens (including phenoxy) is 1. The Bertz CT molecular complexity index is 563. The molecule has 2 N–H and O–H groups in total. The summed E-state index contributed by atoms with van der Waals surface area (Å²) in [4.78, 5) is 6.79. The van der Waals surface area contributed by atoms with Gasteiger partial charge >= 0.3 is 0 Å². The van der Waals surface area contributed by atoms with Crippen LogP contribution in [0.3, 0.4) is 0 Å². The molecular formula is C21H34N4O. The van der Waals surface area contributed by atoms with Crippen LogP contribution in [0.4, 0.5) is 5.69 Å². The average Bonchev–Trinajstić information content (AvgIpc) is 3.22. The van der Waals surface area contributed by atoms with E-state index < -0.39 is 0 Å². The summed E-state index contributed by atoms with van der Waals surface area (Å²) < 4.78 is 5.48. The highest BCUT2D eigenvalue weighted by Gasteiger charge is 2.15. The molecule has 144 valence electrons. The summed E-state index contributed by atoms with van der Waals surface area (Å²) in [6, 6.07) is 8.63. The first-order valence-electron chi connectivity index (χ1n) is 10.2. The van der Waals surface area contributed by atoms with Gasteiger partial charge in [-0.05, 0) is 30.4 Å². The fourth-order valence-electron chi connectivity index (χ4n) is 4.07. The zero-order valence-electron chi connectivity index (χ0n) is 16.2. The minimum Gasteiger partial charge on any atom is -0.378 e. The molecule has 0 spiro atoms. The van der Waals surface area contributed by atoms with Gasteiger partial charge in [0.1, 0.15) is 0 Å². The Kier molecular flexibility index (Phi) is 7.62. The number of rotatable bonds is 7. The Morgan fingerprint density at radius 2 is 1.92 bits per heavy atom. The number of aliphatic imine (C=N–C) groups is 1. The highest BCUT2D eigenvalue weighted by atomic mass is 16.5. The predicted molar refractivity (Wildman–Crippen MR) is 109 cm³/mol. The van der Waals surface area contributed by atoms with Crippen LogP contribution in [0.1, 0.15) is 44.1 Å². The lowest BCUT2D eigenvalue weighted by Gasteiger charge is -2.30. The first-order valence-corrected chi connectivity index (χ1v) is 10.2. The lowest BCUT2D eigenvalue weighted by molar-refractivity contribution is 0.122. The molecule has 1 saturated carbocycles. The van der Waals surface area contributed by atoms with Crippen LogP contribution in [0.2, 0.25) is 0 Å². The summed E-state index contributed by atoms with van der Waals surface area (Å²) >= 11 is 0. The number of hydrogen-bond acceptors (Lipinski definition) is 3. The largest absolute Gasteiger partial charge is 0.378 e. The standard InChI is InChI=1S/C21H34N4O/c1-22-21(23-12-6-9-18-7-2-3-8-18)24-17-19-10-4-5-11-20(19)25-13-15-26-16-14-25/h4-5,10-11,18H,2-3,6-9,12-17H2,1H3,(H2,22,23,24).